The molecule has 0 aliphatic heterocycles. The van der Waals surface area contributed by atoms with Crippen molar-refractivity contribution in [2.45, 2.75) is 13.5 Å². The number of rotatable bonds is 7. The number of hydrogen-bond acceptors (Lipinski definition) is 5. The lowest BCUT2D eigenvalue weighted by atomic mass is 10.1. The molecule has 1 amide bonds. The Morgan fingerprint density at radius 3 is 2.59 bits per heavy atom. The lowest BCUT2D eigenvalue weighted by Crippen LogP contribution is -2.14. The van der Waals surface area contributed by atoms with E-state index < -0.39 is 10.8 Å². The van der Waals surface area contributed by atoms with Crippen LogP contribution >= 0.6 is 11.6 Å². The molecule has 32 heavy (non-hydrogen) atoms. The van der Waals surface area contributed by atoms with Crippen LogP contribution in [0.2, 0.25) is 5.02 Å². The van der Waals surface area contributed by atoms with Crippen LogP contribution in [0.25, 0.3) is 6.08 Å². The number of ether oxygens (including phenoxy) is 1. The summed E-state index contributed by atoms with van der Waals surface area (Å²) in [5.41, 5.74) is 2.19. The van der Waals surface area contributed by atoms with Crippen molar-refractivity contribution < 1.29 is 14.5 Å². The maximum absolute atomic E-state index is 12.5. The number of carbonyl (C=O) groups excluding carboxylic acids is 1. The summed E-state index contributed by atoms with van der Waals surface area (Å²) in [7, 11) is 0. The highest BCUT2D eigenvalue weighted by molar-refractivity contribution is 6.30. The van der Waals surface area contributed by atoms with Crippen molar-refractivity contribution >= 4 is 35.0 Å². The number of non-ortho nitro benzene ring substituents is 1. The van der Waals surface area contributed by atoms with E-state index in [-0.39, 0.29) is 16.9 Å². The third kappa shape index (κ3) is 5.94. The first-order valence-corrected chi connectivity index (χ1v) is 9.89. The van der Waals surface area contributed by atoms with E-state index in [1.807, 2.05) is 24.3 Å². The number of nitrogens with one attached hydrogen (secondary N) is 1. The molecule has 0 aromatic heterocycles. The molecule has 3 rings (SSSR count). The quantitative estimate of drug-likeness (QED) is 0.217. The van der Waals surface area contributed by atoms with Crippen molar-refractivity contribution in [3.63, 3.8) is 0 Å². The van der Waals surface area contributed by atoms with Gasteiger partial charge in [0.05, 0.1) is 10.6 Å². The number of anilines is 1. The molecule has 8 heteroatoms. The maximum atomic E-state index is 12.5. The number of aryl methyl sites for hydroxylation is 1. The van der Waals surface area contributed by atoms with Gasteiger partial charge in [0.25, 0.3) is 11.6 Å². The van der Waals surface area contributed by atoms with E-state index in [1.54, 1.807) is 37.3 Å². The predicted molar refractivity (Wildman–Crippen MR) is 122 cm³/mol. The molecule has 0 aliphatic rings. The minimum Gasteiger partial charge on any atom is -0.489 e. The number of nitro groups is 1. The second-order valence-corrected chi connectivity index (χ2v) is 7.30. The van der Waals surface area contributed by atoms with Gasteiger partial charge in [-0.1, -0.05) is 41.9 Å². The van der Waals surface area contributed by atoms with Gasteiger partial charge in [0.2, 0.25) is 0 Å². The Bertz CT molecular complexity index is 1230. The summed E-state index contributed by atoms with van der Waals surface area (Å²) in [4.78, 5) is 22.9. The molecule has 1 N–H and O–H groups in total. The highest BCUT2D eigenvalue weighted by Crippen LogP contribution is 2.23. The second kappa shape index (κ2) is 10.2. The minimum atomic E-state index is -0.655. The Labute approximate surface area is 189 Å². The van der Waals surface area contributed by atoms with Gasteiger partial charge in [-0.05, 0) is 54.0 Å². The number of carbonyl (C=O) groups is 1. The van der Waals surface area contributed by atoms with Gasteiger partial charge in [0.1, 0.15) is 24.0 Å². The van der Waals surface area contributed by atoms with Crippen LogP contribution < -0.4 is 10.1 Å². The van der Waals surface area contributed by atoms with E-state index in [0.29, 0.717) is 28.5 Å². The zero-order valence-electron chi connectivity index (χ0n) is 17.0. The Hall–Kier alpha value is -4.15. The summed E-state index contributed by atoms with van der Waals surface area (Å²) in [5, 5.41) is 23.6. The van der Waals surface area contributed by atoms with E-state index in [0.717, 1.165) is 5.56 Å². The monoisotopic (exact) mass is 447 g/mol. The van der Waals surface area contributed by atoms with Crippen LogP contribution in [0.15, 0.2) is 72.3 Å². The average Bonchev–Trinajstić information content (AvgIpc) is 2.78. The summed E-state index contributed by atoms with van der Waals surface area (Å²) in [6.45, 7) is 2.06. The Morgan fingerprint density at radius 1 is 1.19 bits per heavy atom. The molecule has 7 nitrogen and oxygen atoms in total. The molecule has 0 saturated heterocycles. The zero-order valence-corrected chi connectivity index (χ0v) is 17.8. The minimum absolute atomic E-state index is 0.136. The maximum Gasteiger partial charge on any atom is 0.271 e. The summed E-state index contributed by atoms with van der Waals surface area (Å²) < 4.78 is 5.72. The number of nitro benzene ring substituents is 1. The number of amides is 1. The van der Waals surface area contributed by atoms with E-state index in [4.69, 9.17) is 16.3 Å². The number of nitriles is 1. The van der Waals surface area contributed by atoms with E-state index in [9.17, 15) is 20.2 Å². The molecule has 0 aliphatic carbocycles. The first kappa shape index (κ1) is 22.5. The molecule has 3 aromatic rings. The van der Waals surface area contributed by atoms with Crippen LogP contribution in [0.3, 0.4) is 0 Å². The number of nitrogens with zero attached hydrogens (tertiary/aromatic N) is 2. The van der Waals surface area contributed by atoms with Gasteiger partial charge in [-0.25, -0.2) is 0 Å². The molecular weight excluding hydrogens is 430 g/mol. The highest BCUT2D eigenvalue weighted by atomic mass is 35.5. The van der Waals surface area contributed by atoms with Crippen molar-refractivity contribution in [1.29, 1.82) is 5.26 Å². The van der Waals surface area contributed by atoms with E-state index in [2.05, 4.69) is 5.32 Å². The topological polar surface area (TPSA) is 105 Å². The van der Waals surface area contributed by atoms with Crippen LogP contribution in [0, 0.1) is 28.4 Å². The van der Waals surface area contributed by atoms with Crippen LogP contribution in [-0.4, -0.2) is 10.8 Å². The third-order valence-corrected chi connectivity index (χ3v) is 4.77. The Balaban J connectivity index is 1.69. The highest BCUT2D eigenvalue weighted by Gasteiger charge is 2.14. The first-order chi connectivity index (χ1) is 15.4. The van der Waals surface area contributed by atoms with Gasteiger partial charge >= 0.3 is 0 Å². The molecular formula is C24H18ClN3O4. The van der Waals surface area contributed by atoms with Gasteiger partial charge in [0, 0.05) is 17.2 Å². The molecule has 0 spiro atoms. The lowest BCUT2D eigenvalue weighted by molar-refractivity contribution is -0.384. The first-order valence-electron chi connectivity index (χ1n) is 9.51. The zero-order chi connectivity index (χ0) is 23.1. The van der Waals surface area contributed by atoms with Gasteiger partial charge < -0.3 is 10.1 Å². The SMILES string of the molecule is Cc1ccc([N+](=O)[O-])cc1NC(=O)/C(C#N)=C/c1ccc(OCc2cccc(Cl)c2)cc1. The predicted octanol–water partition coefficient (Wildman–Crippen LogP) is 5.68. The average molecular weight is 448 g/mol. The second-order valence-electron chi connectivity index (χ2n) is 6.87. The smallest absolute Gasteiger partial charge is 0.271 e. The van der Waals surface area contributed by atoms with Gasteiger partial charge in [-0.2, -0.15) is 5.26 Å². The van der Waals surface area contributed by atoms with Crippen molar-refractivity contribution in [3.05, 3.63) is 104 Å². The number of benzene rings is 3. The molecule has 0 heterocycles. The Kier molecular flexibility index (Phi) is 7.21. The fourth-order valence-electron chi connectivity index (χ4n) is 2.82. The molecule has 160 valence electrons. The van der Waals surface area contributed by atoms with Gasteiger partial charge in [-0.15, -0.1) is 0 Å². The van der Waals surface area contributed by atoms with Crippen molar-refractivity contribution in [2.24, 2.45) is 0 Å². The fraction of sp³-hybridized carbons (Fsp3) is 0.0833. The summed E-state index contributed by atoms with van der Waals surface area (Å²) >= 11 is 5.97. The molecule has 0 bridgehead atoms. The van der Waals surface area contributed by atoms with Crippen LogP contribution in [0.5, 0.6) is 5.75 Å². The van der Waals surface area contributed by atoms with E-state index in [1.165, 1.54) is 24.3 Å². The van der Waals surface area contributed by atoms with Crippen molar-refractivity contribution in [2.75, 3.05) is 5.32 Å². The van der Waals surface area contributed by atoms with Gasteiger partial charge in [-0.3, -0.25) is 14.9 Å². The van der Waals surface area contributed by atoms with Gasteiger partial charge in [0.15, 0.2) is 0 Å². The van der Waals surface area contributed by atoms with E-state index >= 15 is 0 Å². The van der Waals surface area contributed by atoms with Crippen LogP contribution in [0.1, 0.15) is 16.7 Å². The van der Waals surface area contributed by atoms with Crippen molar-refractivity contribution in [3.8, 4) is 11.8 Å². The summed E-state index contributed by atoms with van der Waals surface area (Å²) in [6.07, 6.45) is 1.43. The Morgan fingerprint density at radius 2 is 1.94 bits per heavy atom. The molecule has 0 radical (unpaired) electrons. The largest absolute Gasteiger partial charge is 0.489 e. The summed E-state index contributed by atoms with van der Waals surface area (Å²) in [6, 6.07) is 20.3. The normalized spacial score (nSPS) is 10.8. The molecule has 0 saturated carbocycles. The van der Waals surface area contributed by atoms with Crippen LogP contribution in [-0.2, 0) is 11.4 Å². The molecule has 0 fully saturated rings. The van der Waals surface area contributed by atoms with Crippen molar-refractivity contribution in [1.82, 2.24) is 0 Å². The number of halogens is 1. The summed E-state index contributed by atoms with van der Waals surface area (Å²) in [5.74, 6) is -0.0327. The molecule has 0 atom stereocenters. The molecule has 0 unspecified atom stereocenters. The lowest BCUT2D eigenvalue weighted by Gasteiger charge is -2.08. The standard InChI is InChI=1S/C24H18ClN3O4/c1-16-5-8-21(28(30)31)13-23(16)27-24(29)19(14-26)11-17-6-9-22(10-7-17)32-15-18-3-2-4-20(25)12-18/h2-13H,15H2,1H3,(H,27,29)/b19-11+. The van der Waals surface area contributed by atoms with Crippen LogP contribution in [0.4, 0.5) is 11.4 Å². The number of hydrogen-bond donors (Lipinski definition) is 1. The fourth-order valence-corrected chi connectivity index (χ4v) is 3.03. The third-order valence-electron chi connectivity index (χ3n) is 4.53. The molecule has 3 aromatic carbocycles.